The Bertz CT molecular complexity index is 256. The van der Waals surface area contributed by atoms with Gasteiger partial charge in [0.2, 0.25) is 6.08 Å². The Labute approximate surface area is 86.8 Å². The van der Waals surface area contributed by atoms with Crippen molar-refractivity contribution in [3.63, 3.8) is 0 Å². The van der Waals surface area contributed by atoms with Crippen LogP contribution in [0.15, 0.2) is 4.99 Å². The summed E-state index contributed by atoms with van der Waals surface area (Å²) in [6.07, 6.45) is 5.26. The predicted octanol–water partition coefficient (Wildman–Crippen LogP) is 3.32. The minimum atomic E-state index is -0.278. The van der Waals surface area contributed by atoms with Crippen LogP contribution in [0.2, 0.25) is 0 Å². The van der Waals surface area contributed by atoms with E-state index in [1.165, 1.54) is 6.42 Å². The summed E-state index contributed by atoms with van der Waals surface area (Å²) in [7, 11) is 0. The van der Waals surface area contributed by atoms with Crippen molar-refractivity contribution >= 4 is 6.08 Å². The van der Waals surface area contributed by atoms with Crippen LogP contribution in [0, 0.1) is 10.8 Å². The molecule has 0 aliphatic heterocycles. The van der Waals surface area contributed by atoms with Crippen LogP contribution in [0.3, 0.4) is 0 Å². The number of isocyanates is 1. The highest BCUT2D eigenvalue weighted by molar-refractivity contribution is 5.36. The first-order valence-electron chi connectivity index (χ1n) is 5.36. The van der Waals surface area contributed by atoms with Crippen molar-refractivity contribution in [1.29, 1.82) is 0 Å². The molecular formula is C12H21NO. The molecule has 2 nitrogen and oxygen atoms in total. The molecule has 2 heteroatoms. The molecule has 1 fully saturated rings. The summed E-state index contributed by atoms with van der Waals surface area (Å²) >= 11 is 0. The molecule has 0 unspecified atom stereocenters. The smallest absolute Gasteiger partial charge is 0.211 e. The second-order valence-electron chi connectivity index (χ2n) is 5.90. The zero-order chi connectivity index (χ0) is 11.0. The third-order valence-corrected chi connectivity index (χ3v) is 4.51. The molecule has 0 aromatic heterocycles. The molecule has 1 saturated carbocycles. The van der Waals surface area contributed by atoms with Gasteiger partial charge in [0.1, 0.15) is 0 Å². The fourth-order valence-corrected chi connectivity index (χ4v) is 2.77. The van der Waals surface area contributed by atoms with E-state index in [9.17, 15) is 4.79 Å². The summed E-state index contributed by atoms with van der Waals surface area (Å²) in [6, 6.07) is 0. The van der Waals surface area contributed by atoms with Gasteiger partial charge in [0, 0.05) is 0 Å². The average Bonchev–Trinajstić information content (AvgIpc) is 2.01. The van der Waals surface area contributed by atoms with Crippen LogP contribution in [0.5, 0.6) is 0 Å². The number of carbonyl (C=O) groups excluding carboxylic acids is 1. The monoisotopic (exact) mass is 195 g/mol. The van der Waals surface area contributed by atoms with Crippen LogP contribution in [0.4, 0.5) is 0 Å². The summed E-state index contributed by atoms with van der Waals surface area (Å²) in [5.74, 6) is 0. The van der Waals surface area contributed by atoms with E-state index in [0.717, 1.165) is 12.8 Å². The molecule has 1 rings (SSSR count). The van der Waals surface area contributed by atoms with Crippen molar-refractivity contribution in [2.24, 2.45) is 15.8 Å². The van der Waals surface area contributed by atoms with Crippen LogP contribution in [0.1, 0.15) is 53.9 Å². The lowest BCUT2D eigenvalue weighted by molar-refractivity contribution is -0.000886. The third-order valence-electron chi connectivity index (χ3n) is 4.51. The lowest BCUT2D eigenvalue weighted by Crippen LogP contribution is -2.54. The molecule has 0 aromatic carbocycles. The van der Waals surface area contributed by atoms with E-state index in [4.69, 9.17) is 0 Å². The maximum Gasteiger partial charge on any atom is 0.235 e. The maximum atomic E-state index is 10.6. The van der Waals surface area contributed by atoms with E-state index in [2.05, 4.69) is 39.6 Å². The zero-order valence-corrected chi connectivity index (χ0v) is 9.98. The van der Waals surface area contributed by atoms with Gasteiger partial charge in [-0.05, 0) is 30.6 Å². The molecule has 0 atom stereocenters. The highest BCUT2D eigenvalue weighted by Gasteiger charge is 2.54. The molecular weight excluding hydrogens is 174 g/mol. The fraction of sp³-hybridized carbons (Fsp3) is 0.917. The number of hydrogen-bond acceptors (Lipinski definition) is 2. The van der Waals surface area contributed by atoms with Gasteiger partial charge in [0.15, 0.2) is 0 Å². The van der Waals surface area contributed by atoms with Crippen molar-refractivity contribution in [2.75, 3.05) is 0 Å². The van der Waals surface area contributed by atoms with Gasteiger partial charge in [-0.3, -0.25) is 0 Å². The lowest BCUT2D eigenvalue weighted by atomic mass is 9.53. The predicted molar refractivity (Wildman–Crippen MR) is 57.9 cm³/mol. The zero-order valence-electron chi connectivity index (χ0n) is 9.98. The van der Waals surface area contributed by atoms with Gasteiger partial charge < -0.3 is 0 Å². The number of hydrogen-bond donors (Lipinski definition) is 0. The Morgan fingerprint density at radius 3 is 1.79 bits per heavy atom. The Balaban J connectivity index is 3.21. The van der Waals surface area contributed by atoms with Crippen LogP contribution < -0.4 is 0 Å². The summed E-state index contributed by atoms with van der Waals surface area (Å²) in [4.78, 5) is 14.7. The Kier molecular flexibility index (Phi) is 2.62. The van der Waals surface area contributed by atoms with Gasteiger partial charge in [-0.2, -0.15) is 4.99 Å². The van der Waals surface area contributed by atoms with Crippen LogP contribution >= 0.6 is 0 Å². The molecule has 1 aliphatic rings. The molecule has 14 heavy (non-hydrogen) atoms. The van der Waals surface area contributed by atoms with Gasteiger partial charge >= 0.3 is 0 Å². The average molecular weight is 195 g/mol. The van der Waals surface area contributed by atoms with Crippen LogP contribution in [-0.2, 0) is 4.79 Å². The standard InChI is InChI=1S/C12H21NO/c1-10(2)7-6-8-11(3,4)12(10,5)13-9-14/h6-8H2,1-5H3. The largest absolute Gasteiger partial charge is 0.235 e. The molecule has 0 aromatic rings. The molecule has 0 saturated heterocycles. The molecule has 0 amide bonds. The van der Waals surface area contributed by atoms with E-state index in [1.54, 1.807) is 6.08 Å². The van der Waals surface area contributed by atoms with Gasteiger partial charge in [-0.15, -0.1) is 0 Å². The second-order valence-corrected chi connectivity index (χ2v) is 5.90. The Hall–Kier alpha value is -0.620. The second kappa shape index (κ2) is 3.20. The fourth-order valence-electron chi connectivity index (χ4n) is 2.77. The van der Waals surface area contributed by atoms with E-state index in [1.807, 2.05) is 0 Å². The number of aliphatic imine (C=N–C) groups is 1. The molecule has 1 aliphatic carbocycles. The minimum Gasteiger partial charge on any atom is -0.211 e. The summed E-state index contributed by atoms with van der Waals surface area (Å²) in [5.41, 5.74) is -0.0989. The van der Waals surface area contributed by atoms with E-state index >= 15 is 0 Å². The highest BCUT2D eigenvalue weighted by atomic mass is 16.1. The number of rotatable bonds is 1. The van der Waals surface area contributed by atoms with Crippen molar-refractivity contribution < 1.29 is 4.79 Å². The van der Waals surface area contributed by atoms with E-state index < -0.39 is 0 Å². The van der Waals surface area contributed by atoms with Crippen molar-refractivity contribution in [3.05, 3.63) is 0 Å². The summed E-state index contributed by atoms with van der Waals surface area (Å²) in [5, 5.41) is 0. The topological polar surface area (TPSA) is 29.4 Å². The van der Waals surface area contributed by atoms with Crippen molar-refractivity contribution in [1.82, 2.24) is 0 Å². The molecule has 80 valence electrons. The molecule has 0 bridgehead atoms. The van der Waals surface area contributed by atoms with E-state index in [0.29, 0.717) is 0 Å². The van der Waals surface area contributed by atoms with Crippen LogP contribution in [-0.4, -0.2) is 11.6 Å². The summed E-state index contributed by atoms with van der Waals surface area (Å²) < 4.78 is 0. The Morgan fingerprint density at radius 1 is 1.00 bits per heavy atom. The maximum absolute atomic E-state index is 10.6. The molecule has 0 N–H and O–H groups in total. The lowest BCUT2D eigenvalue weighted by Gasteiger charge is -2.54. The van der Waals surface area contributed by atoms with E-state index in [-0.39, 0.29) is 16.4 Å². The third kappa shape index (κ3) is 1.42. The first kappa shape index (κ1) is 11.5. The highest BCUT2D eigenvalue weighted by Crippen LogP contribution is 2.55. The SMILES string of the molecule is CC1(C)CCCC(C)(C)C1(C)N=C=O. The summed E-state index contributed by atoms with van der Waals surface area (Å²) in [6.45, 7) is 10.9. The van der Waals surface area contributed by atoms with Gasteiger partial charge in [0.05, 0.1) is 5.54 Å². The normalized spacial score (nSPS) is 27.8. The molecule has 0 heterocycles. The van der Waals surface area contributed by atoms with Gasteiger partial charge in [0.25, 0.3) is 0 Å². The molecule has 0 spiro atoms. The molecule has 0 radical (unpaired) electrons. The minimum absolute atomic E-state index is 0.0894. The quantitative estimate of drug-likeness (QED) is 0.466. The van der Waals surface area contributed by atoms with Crippen molar-refractivity contribution in [2.45, 2.75) is 59.4 Å². The number of nitrogens with zero attached hydrogens (tertiary/aromatic N) is 1. The van der Waals surface area contributed by atoms with Gasteiger partial charge in [-0.25, -0.2) is 4.79 Å². The van der Waals surface area contributed by atoms with Crippen LogP contribution in [0.25, 0.3) is 0 Å². The Morgan fingerprint density at radius 2 is 1.43 bits per heavy atom. The van der Waals surface area contributed by atoms with Crippen molar-refractivity contribution in [3.8, 4) is 0 Å². The van der Waals surface area contributed by atoms with Gasteiger partial charge in [-0.1, -0.05) is 34.1 Å². The first-order chi connectivity index (χ1) is 6.27. The first-order valence-corrected chi connectivity index (χ1v) is 5.36.